The van der Waals surface area contributed by atoms with Crippen molar-refractivity contribution in [3.8, 4) is 0 Å². The summed E-state index contributed by atoms with van der Waals surface area (Å²) in [6.45, 7) is 0. The van der Waals surface area contributed by atoms with E-state index in [0.29, 0.717) is 0 Å². The Balaban J connectivity index is -0.0000000300. The topological polar surface area (TPSA) is 126 Å². The molecule has 0 bridgehead atoms. The van der Waals surface area contributed by atoms with Crippen LogP contribution in [0, 0.1) is 0 Å². The van der Waals surface area contributed by atoms with E-state index in [0.717, 1.165) is 0 Å². The zero-order valence-corrected chi connectivity index (χ0v) is 6.23. The second-order valence-electron chi connectivity index (χ2n) is 0.500. The molecule has 0 unspecified atom stereocenters. The van der Waals surface area contributed by atoms with Gasteiger partial charge in [-0.3, -0.25) is 0 Å². The smallest absolute Gasteiger partial charge is 0.652 e. The SMILES string of the molecule is O=C([O-])[O-].O=C([O-])[O-].[Mn+2].[S+2]. The fourth-order valence-corrected chi connectivity index (χ4v) is 0. The summed E-state index contributed by atoms with van der Waals surface area (Å²) in [5.74, 6) is 0. The van der Waals surface area contributed by atoms with E-state index < -0.39 is 12.3 Å². The van der Waals surface area contributed by atoms with Gasteiger partial charge in [-0.05, 0) is 12.3 Å². The molecule has 0 fully saturated rings. The molecule has 0 atom stereocenters. The molecule has 0 aromatic rings. The molecular formula is C2MnO6S. The van der Waals surface area contributed by atoms with Crippen LogP contribution in [0.4, 0.5) is 9.59 Å². The second kappa shape index (κ2) is 15.8. The van der Waals surface area contributed by atoms with Gasteiger partial charge in [-0.2, -0.15) is 0 Å². The minimum Gasteiger partial charge on any atom is -0.652 e. The minimum absolute atomic E-state index is 0. The summed E-state index contributed by atoms with van der Waals surface area (Å²) in [4.78, 5) is 16.7. The van der Waals surface area contributed by atoms with Crippen LogP contribution >= 0.6 is 0 Å². The molecule has 6 nitrogen and oxygen atoms in total. The average molecular weight is 207 g/mol. The molecule has 0 aliphatic rings. The first kappa shape index (κ1) is 22.7. The molecule has 0 aliphatic heterocycles. The molecule has 8 heteroatoms. The summed E-state index contributed by atoms with van der Waals surface area (Å²) < 4.78 is 0. The van der Waals surface area contributed by atoms with E-state index in [9.17, 15) is 0 Å². The maximum absolute atomic E-state index is 8.33. The molecule has 57 valence electrons. The molecule has 0 heterocycles. The Morgan fingerprint density at radius 1 is 0.800 bits per heavy atom. The van der Waals surface area contributed by atoms with E-state index in [1.54, 1.807) is 0 Å². The van der Waals surface area contributed by atoms with Gasteiger partial charge in [0.1, 0.15) is 0 Å². The molecule has 10 heavy (non-hydrogen) atoms. The van der Waals surface area contributed by atoms with Crippen molar-refractivity contribution in [2.24, 2.45) is 0 Å². The number of hydrogen-bond acceptors (Lipinski definition) is 6. The predicted molar refractivity (Wildman–Crippen MR) is 18.2 cm³/mol. The summed E-state index contributed by atoms with van der Waals surface area (Å²) in [6, 6.07) is 0. The molecule has 5 radical (unpaired) electrons. The molecule has 0 aliphatic carbocycles. The zero-order chi connectivity index (χ0) is 7.15. The van der Waals surface area contributed by atoms with Crippen LogP contribution in [0.15, 0.2) is 0 Å². The van der Waals surface area contributed by atoms with Crippen LogP contribution in [0.5, 0.6) is 0 Å². The molecule has 0 saturated carbocycles. The van der Waals surface area contributed by atoms with E-state index in [2.05, 4.69) is 0 Å². The van der Waals surface area contributed by atoms with E-state index in [1.165, 1.54) is 0 Å². The number of carbonyl (C=O) groups excluding carboxylic acids is 2. The first-order valence-corrected chi connectivity index (χ1v) is 1.22. The van der Waals surface area contributed by atoms with Crippen molar-refractivity contribution in [3.05, 3.63) is 0 Å². The zero-order valence-electron chi connectivity index (χ0n) is 4.24. The van der Waals surface area contributed by atoms with Crippen LogP contribution in [0.2, 0.25) is 0 Å². The van der Waals surface area contributed by atoms with Crippen molar-refractivity contribution in [1.29, 1.82) is 0 Å². The Morgan fingerprint density at radius 2 is 0.800 bits per heavy atom. The third kappa shape index (κ3) is 873. The Bertz CT molecular complexity index is 73.7. The monoisotopic (exact) mass is 207 g/mol. The van der Waals surface area contributed by atoms with E-state index in [1.807, 2.05) is 0 Å². The molecule has 0 spiro atoms. The van der Waals surface area contributed by atoms with Crippen molar-refractivity contribution in [1.82, 2.24) is 0 Å². The summed E-state index contributed by atoms with van der Waals surface area (Å²) in [6.07, 6.45) is -4.67. The van der Waals surface area contributed by atoms with E-state index in [-0.39, 0.29) is 30.6 Å². The van der Waals surface area contributed by atoms with Crippen LogP contribution in [-0.4, -0.2) is 12.3 Å². The van der Waals surface area contributed by atoms with Gasteiger partial charge in [0.05, 0.1) is 0 Å². The summed E-state index contributed by atoms with van der Waals surface area (Å²) >= 11 is 0. The van der Waals surface area contributed by atoms with Gasteiger partial charge in [0, 0.05) is 0 Å². The van der Waals surface area contributed by atoms with Crippen LogP contribution in [0.3, 0.4) is 0 Å². The van der Waals surface area contributed by atoms with Gasteiger partial charge in [0.25, 0.3) is 0 Å². The molecule has 0 amide bonds. The Hall–Kier alpha value is -0.591. The van der Waals surface area contributed by atoms with Gasteiger partial charge >= 0.3 is 30.6 Å². The third-order valence-corrected chi connectivity index (χ3v) is 0. The van der Waals surface area contributed by atoms with Crippen molar-refractivity contribution >= 4 is 25.8 Å². The molecule has 0 aromatic carbocycles. The Morgan fingerprint density at radius 3 is 0.800 bits per heavy atom. The van der Waals surface area contributed by atoms with Crippen LogP contribution < -0.4 is 20.4 Å². The van der Waals surface area contributed by atoms with Crippen molar-refractivity contribution in [2.45, 2.75) is 0 Å². The van der Waals surface area contributed by atoms with E-state index in [4.69, 9.17) is 30.0 Å². The first-order chi connectivity index (χ1) is 3.46. The Labute approximate surface area is 73.4 Å². The number of hydrogen-bond donors (Lipinski definition) is 0. The second-order valence-corrected chi connectivity index (χ2v) is 0.500. The predicted octanol–water partition coefficient (Wildman–Crippen LogP) is -4.90. The number of rotatable bonds is 0. The third-order valence-electron chi connectivity index (χ3n) is 0. The molecule has 0 aromatic heterocycles. The van der Waals surface area contributed by atoms with E-state index >= 15 is 0 Å². The van der Waals surface area contributed by atoms with Gasteiger partial charge in [0.15, 0.2) is 0 Å². The Kier molecular flexibility index (Phi) is 35.9. The molecule has 0 N–H and O–H groups in total. The van der Waals surface area contributed by atoms with Gasteiger partial charge in [-0.1, -0.05) is 0 Å². The fraction of sp³-hybridized carbons (Fsp3) is 0. The van der Waals surface area contributed by atoms with Crippen molar-refractivity contribution < 1.29 is 47.1 Å². The quantitative estimate of drug-likeness (QED) is 0.366. The molecule has 0 saturated heterocycles. The van der Waals surface area contributed by atoms with Gasteiger partial charge in [-0.15, -0.1) is 0 Å². The van der Waals surface area contributed by atoms with Gasteiger partial charge in [-0.25, -0.2) is 0 Å². The minimum atomic E-state index is -2.33. The summed E-state index contributed by atoms with van der Waals surface area (Å²) in [7, 11) is 0. The van der Waals surface area contributed by atoms with Crippen molar-refractivity contribution in [2.75, 3.05) is 0 Å². The maximum atomic E-state index is 8.33. The largest absolute Gasteiger partial charge is 2.00 e. The van der Waals surface area contributed by atoms with Gasteiger partial charge < -0.3 is 30.0 Å². The van der Waals surface area contributed by atoms with Crippen LogP contribution in [0.1, 0.15) is 0 Å². The maximum Gasteiger partial charge on any atom is 2.00 e. The van der Waals surface area contributed by atoms with Crippen LogP contribution in [-0.2, 0) is 30.6 Å². The normalized spacial score (nSPS) is 4.80. The van der Waals surface area contributed by atoms with Gasteiger partial charge in [0.2, 0.25) is 0 Å². The average Bonchev–Trinajstić information content (AvgIpc) is 1.25. The first-order valence-electron chi connectivity index (χ1n) is 1.22. The van der Waals surface area contributed by atoms with Crippen molar-refractivity contribution in [3.63, 3.8) is 0 Å². The summed E-state index contributed by atoms with van der Waals surface area (Å²) in [5.41, 5.74) is 0. The number of carboxylic acid groups (broad SMARTS) is 4. The number of carbonyl (C=O) groups is 2. The fourth-order valence-electron chi connectivity index (χ4n) is 0. The van der Waals surface area contributed by atoms with Crippen LogP contribution in [0.25, 0.3) is 0 Å². The molecule has 0 rings (SSSR count). The molecular weight excluding hydrogens is 207 g/mol. The standard InChI is InChI=1S/2CH2O3.Mn.S/c2*2-1(3)4;;/h2*(H2,2,3,4);;/q;;2*+2/p-4. The summed E-state index contributed by atoms with van der Waals surface area (Å²) in [5, 5.41) is 33.3.